The van der Waals surface area contributed by atoms with Crippen molar-refractivity contribution < 1.29 is 0 Å². The Bertz CT molecular complexity index is 874. The number of halogens is 2. The van der Waals surface area contributed by atoms with Gasteiger partial charge in [-0.15, -0.1) is 0 Å². The third-order valence-electron chi connectivity index (χ3n) is 3.91. The first-order valence-electron chi connectivity index (χ1n) is 8.31. The molecule has 0 unspecified atom stereocenters. The molecule has 1 aromatic carbocycles. The van der Waals surface area contributed by atoms with Gasteiger partial charge in [0.15, 0.2) is 0 Å². The molecule has 136 valence electrons. The minimum atomic E-state index is 0.212. The van der Waals surface area contributed by atoms with Crippen LogP contribution in [0.25, 0.3) is 0 Å². The average Bonchev–Trinajstić information content (AvgIpc) is 2.93. The number of nitrogens with two attached hydrogens (primary N) is 1. The smallest absolute Gasteiger partial charge is 0.103 e. The van der Waals surface area contributed by atoms with Crippen molar-refractivity contribution in [1.29, 1.82) is 0 Å². The zero-order chi connectivity index (χ0) is 18.7. The van der Waals surface area contributed by atoms with Crippen LogP contribution in [-0.4, -0.2) is 14.8 Å². The normalized spacial score (nSPS) is 11.3. The van der Waals surface area contributed by atoms with E-state index in [9.17, 15) is 0 Å². The lowest BCUT2D eigenvalue weighted by atomic mass is 10.1. The van der Waals surface area contributed by atoms with Crippen LogP contribution in [0.2, 0.25) is 10.0 Å². The Hall–Kier alpha value is -1.53. The largest absolute Gasteiger partial charge is 0.325 e. The average molecular weight is 407 g/mol. The molecule has 26 heavy (non-hydrogen) atoms. The number of aromatic nitrogens is 3. The lowest BCUT2D eigenvalue weighted by Gasteiger charge is -2.13. The maximum atomic E-state index is 6.17. The molecule has 0 aliphatic rings. The van der Waals surface area contributed by atoms with E-state index in [2.05, 4.69) is 18.8 Å². The quantitative estimate of drug-likeness (QED) is 0.597. The molecule has 3 aromatic rings. The van der Waals surface area contributed by atoms with Crippen molar-refractivity contribution >= 4 is 35.0 Å². The van der Waals surface area contributed by atoms with Gasteiger partial charge in [-0.25, -0.2) is 0 Å². The summed E-state index contributed by atoms with van der Waals surface area (Å²) in [4.78, 5) is 5.07. The van der Waals surface area contributed by atoms with Gasteiger partial charge in [-0.1, -0.05) is 35.0 Å². The van der Waals surface area contributed by atoms with Crippen LogP contribution in [0.15, 0.2) is 52.6 Å². The molecule has 0 saturated heterocycles. The molecule has 2 N–H and O–H groups in total. The van der Waals surface area contributed by atoms with E-state index in [1.165, 1.54) is 5.56 Å². The molecule has 2 heterocycles. The summed E-state index contributed by atoms with van der Waals surface area (Å²) in [7, 11) is 0. The molecule has 4 nitrogen and oxygen atoms in total. The maximum Gasteiger partial charge on any atom is 0.103 e. The zero-order valence-electron chi connectivity index (χ0n) is 14.6. The van der Waals surface area contributed by atoms with Crippen LogP contribution in [0, 0.1) is 0 Å². The minimum absolute atomic E-state index is 0.212. The molecule has 0 radical (unpaired) electrons. The first-order valence-corrected chi connectivity index (χ1v) is 9.88. The second kappa shape index (κ2) is 8.44. The summed E-state index contributed by atoms with van der Waals surface area (Å²) < 4.78 is 2.03. The predicted molar refractivity (Wildman–Crippen MR) is 108 cm³/mol. The van der Waals surface area contributed by atoms with Crippen LogP contribution in [0.5, 0.6) is 0 Å². The van der Waals surface area contributed by atoms with Crippen molar-refractivity contribution in [2.45, 2.75) is 42.8 Å². The number of pyridine rings is 1. The second-order valence-corrected chi connectivity index (χ2v) is 8.15. The molecule has 3 rings (SSSR count). The van der Waals surface area contributed by atoms with Gasteiger partial charge in [0.1, 0.15) is 5.03 Å². The van der Waals surface area contributed by atoms with E-state index in [-0.39, 0.29) is 6.04 Å². The number of benzene rings is 1. The Balaban J connectivity index is 2.07. The van der Waals surface area contributed by atoms with E-state index in [1.54, 1.807) is 30.2 Å². The van der Waals surface area contributed by atoms with Gasteiger partial charge >= 0.3 is 0 Å². The van der Waals surface area contributed by atoms with Crippen LogP contribution in [0.4, 0.5) is 0 Å². The first kappa shape index (κ1) is 19.2. The molecule has 0 spiro atoms. The van der Waals surface area contributed by atoms with Gasteiger partial charge in [-0.2, -0.15) is 5.10 Å². The van der Waals surface area contributed by atoms with Crippen molar-refractivity contribution in [3.05, 3.63) is 69.6 Å². The van der Waals surface area contributed by atoms with Gasteiger partial charge in [0.2, 0.25) is 0 Å². The van der Waals surface area contributed by atoms with Crippen LogP contribution in [0.1, 0.15) is 36.7 Å². The Morgan fingerprint density at radius 3 is 2.35 bits per heavy atom. The van der Waals surface area contributed by atoms with E-state index in [1.807, 2.05) is 28.9 Å². The fourth-order valence-corrected chi connectivity index (χ4v) is 4.61. The lowest BCUT2D eigenvalue weighted by molar-refractivity contribution is 0.487. The van der Waals surface area contributed by atoms with Gasteiger partial charge in [0.25, 0.3) is 0 Å². The van der Waals surface area contributed by atoms with E-state index in [0.29, 0.717) is 16.6 Å². The summed E-state index contributed by atoms with van der Waals surface area (Å²) in [5, 5.41) is 7.05. The van der Waals surface area contributed by atoms with Crippen molar-refractivity contribution in [1.82, 2.24) is 14.8 Å². The van der Waals surface area contributed by atoms with Crippen molar-refractivity contribution in [2.24, 2.45) is 5.73 Å². The van der Waals surface area contributed by atoms with Crippen molar-refractivity contribution in [3.8, 4) is 0 Å². The fourth-order valence-electron chi connectivity index (χ4n) is 2.70. The van der Waals surface area contributed by atoms with Gasteiger partial charge in [-0.3, -0.25) is 9.67 Å². The summed E-state index contributed by atoms with van der Waals surface area (Å²) in [5.41, 5.74) is 9.20. The number of hydrogen-bond acceptors (Lipinski definition) is 4. The second-order valence-electron chi connectivity index (χ2n) is 6.21. The van der Waals surface area contributed by atoms with Gasteiger partial charge in [0, 0.05) is 51.9 Å². The van der Waals surface area contributed by atoms with E-state index < -0.39 is 0 Å². The summed E-state index contributed by atoms with van der Waals surface area (Å²) in [5.74, 6) is 0. The Labute approximate surface area is 167 Å². The molecule has 0 aliphatic heterocycles. The molecular weight excluding hydrogens is 387 g/mol. The fraction of sp³-hybridized carbons (Fsp3) is 0.263. The number of rotatable bonds is 6. The van der Waals surface area contributed by atoms with Crippen LogP contribution in [-0.2, 0) is 13.0 Å². The Morgan fingerprint density at radius 1 is 1.12 bits per heavy atom. The highest BCUT2D eigenvalue weighted by Gasteiger charge is 2.20. The minimum Gasteiger partial charge on any atom is -0.325 e. The highest BCUT2D eigenvalue weighted by Crippen LogP contribution is 2.37. The zero-order valence-corrected chi connectivity index (χ0v) is 16.9. The predicted octanol–water partition coefficient (Wildman–Crippen LogP) is 5.37. The molecule has 7 heteroatoms. The van der Waals surface area contributed by atoms with Gasteiger partial charge in [-0.05, 0) is 49.7 Å². The molecule has 0 aliphatic carbocycles. The molecule has 0 fully saturated rings. The van der Waals surface area contributed by atoms with Crippen LogP contribution in [0.3, 0.4) is 0 Å². The first-order chi connectivity index (χ1) is 12.5. The van der Waals surface area contributed by atoms with Crippen LogP contribution >= 0.6 is 35.0 Å². The summed E-state index contributed by atoms with van der Waals surface area (Å²) in [6, 6.07) is 9.79. The number of nitrogens with zero attached hydrogens (tertiary/aromatic N) is 3. The van der Waals surface area contributed by atoms with Gasteiger partial charge < -0.3 is 5.73 Å². The summed E-state index contributed by atoms with van der Waals surface area (Å²) in [6.07, 6.45) is 4.35. The summed E-state index contributed by atoms with van der Waals surface area (Å²) >= 11 is 14.0. The Kier molecular flexibility index (Phi) is 6.24. The standard InChI is InChI=1S/C19H20Cl2N4S/c1-12(2)25-19(26-16-9-14(20)8-15(21)10-16)17(18(11-22)24-25)7-13-3-5-23-6-4-13/h3-6,8-10,12H,7,11,22H2,1-2H3. The topological polar surface area (TPSA) is 56.7 Å². The maximum absolute atomic E-state index is 6.17. The molecule has 0 bridgehead atoms. The lowest BCUT2D eigenvalue weighted by Crippen LogP contribution is -2.05. The van der Waals surface area contributed by atoms with E-state index in [4.69, 9.17) is 34.0 Å². The highest BCUT2D eigenvalue weighted by molar-refractivity contribution is 7.99. The molecular formula is C19H20Cl2N4S. The SMILES string of the molecule is CC(C)n1nc(CN)c(Cc2ccncc2)c1Sc1cc(Cl)cc(Cl)c1. The third-order valence-corrected chi connectivity index (χ3v) is 5.44. The third kappa shape index (κ3) is 4.41. The molecule has 0 amide bonds. The number of hydrogen-bond donors (Lipinski definition) is 1. The molecule has 2 aromatic heterocycles. The molecule has 0 atom stereocenters. The monoisotopic (exact) mass is 406 g/mol. The van der Waals surface area contributed by atoms with Crippen LogP contribution < -0.4 is 5.73 Å². The summed E-state index contributed by atoms with van der Waals surface area (Å²) in [6.45, 7) is 4.61. The van der Waals surface area contributed by atoms with Crippen molar-refractivity contribution in [2.75, 3.05) is 0 Å². The molecule has 0 saturated carbocycles. The van der Waals surface area contributed by atoms with E-state index >= 15 is 0 Å². The highest BCUT2D eigenvalue weighted by atomic mass is 35.5. The van der Waals surface area contributed by atoms with E-state index in [0.717, 1.165) is 27.6 Å². The van der Waals surface area contributed by atoms with Gasteiger partial charge in [0.05, 0.1) is 5.69 Å². The van der Waals surface area contributed by atoms with Crippen molar-refractivity contribution in [3.63, 3.8) is 0 Å². The Morgan fingerprint density at radius 2 is 1.77 bits per heavy atom.